The van der Waals surface area contributed by atoms with Crippen LogP contribution in [-0.2, 0) is 19.2 Å². The van der Waals surface area contributed by atoms with Gasteiger partial charge in [0.1, 0.15) is 17.6 Å². The number of carbonyl (C=O) groups is 4. The fourth-order valence-corrected chi connectivity index (χ4v) is 2.41. The van der Waals surface area contributed by atoms with E-state index in [4.69, 9.17) is 5.73 Å². The molecule has 0 aromatic carbocycles. The zero-order valence-electron chi connectivity index (χ0n) is 17.1. The van der Waals surface area contributed by atoms with Crippen molar-refractivity contribution in [3.8, 4) is 0 Å². The second kappa shape index (κ2) is 10.9. The predicted octanol–water partition coefficient (Wildman–Crippen LogP) is -0.0137. The van der Waals surface area contributed by atoms with Crippen molar-refractivity contribution in [3.05, 3.63) is 0 Å². The first-order valence-corrected chi connectivity index (χ1v) is 9.20. The Morgan fingerprint density at radius 2 is 1.63 bits per heavy atom. The summed E-state index contributed by atoms with van der Waals surface area (Å²) in [5, 5.41) is 16.9. The van der Waals surface area contributed by atoms with Crippen molar-refractivity contribution < 1.29 is 24.3 Å². The Hall–Kier alpha value is -2.16. The van der Waals surface area contributed by atoms with Gasteiger partial charge in [-0.3, -0.25) is 14.4 Å². The Morgan fingerprint density at radius 3 is 2.04 bits per heavy atom. The molecule has 0 spiro atoms. The van der Waals surface area contributed by atoms with E-state index >= 15 is 0 Å². The number of hydrogen-bond acceptors (Lipinski definition) is 5. The average Bonchev–Trinajstić information content (AvgIpc) is 2.56. The number of carboxylic acids is 1. The van der Waals surface area contributed by atoms with Crippen molar-refractivity contribution in [2.75, 3.05) is 6.54 Å². The number of aliphatic carboxylic acids is 1. The molecule has 0 fully saturated rings. The fraction of sp³-hybridized carbons (Fsp3) is 0.778. The van der Waals surface area contributed by atoms with Gasteiger partial charge in [-0.25, -0.2) is 4.79 Å². The SMILES string of the molecule is CC[C@H](C)[C@H](NC(=O)CN)C(=O)NC(C)(C)C(=O)N[C@@H](CC(C)C)C(=O)O. The molecular formula is C18H34N4O5. The van der Waals surface area contributed by atoms with Crippen LogP contribution in [0.15, 0.2) is 0 Å². The summed E-state index contributed by atoms with van der Waals surface area (Å²) < 4.78 is 0. The molecule has 9 heteroatoms. The highest BCUT2D eigenvalue weighted by Crippen LogP contribution is 2.12. The van der Waals surface area contributed by atoms with Crippen LogP contribution < -0.4 is 21.7 Å². The molecule has 6 N–H and O–H groups in total. The maximum atomic E-state index is 12.6. The Balaban J connectivity index is 5.21. The first kappa shape index (κ1) is 24.8. The number of carboxylic acid groups (broad SMARTS) is 1. The van der Waals surface area contributed by atoms with Gasteiger partial charge in [0, 0.05) is 0 Å². The molecule has 0 saturated heterocycles. The summed E-state index contributed by atoms with van der Waals surface area (Å²) in [7, 11) is 0. The Bertz CT molecular complexity index is 548. The third kappa shape index (κ3) is 8.38. The van der Waals surface area contributed by atoms with Gasteiger partial charge >= 0.3 is 5.97 Å². The van der Waals surface area contributed by atoms with Gasteiger partial charge < -0.3 is 26.8 Å². The first-order chi connectivity index (χ1) is 12.3. The second-order valence-corrected chi connectivity index (χ2v) is 7.74. The third-order valence-electron chi connectivity index (χ3n) is 4.31. The molecule has 9 nitrogen and oxygen atoms in total. The normalized spacial score (nSPS) is 14.8. The van der Waals surface area contributed by atoms with E-state index in [1.165, 1.54) is 13.8 Å². The van der Waals surface area contributed by atoms with Crippen LogP contribution in [0.25, 0.3) is 0 Å². The summed E-state index contributed by atoms with van der Waals surface area (Å²) in [6.07, 6.45) is 0.901. The van der Waals surface area contributed by atoms with Gasteiger partial charge in [0.2, 0.25) is 17.7 Å². The van der Waals surface area contributed by atoms with Crippen LogP contribution in [0, 0.1) is 11.8 Å². The van der Waals surface area contributed by atoms with Gasteiger partial charge in [0.15, 0.2) is 0 Å². The molecule has 0 unspecified atom stereocenters. The largest absolute Gasteiger partial charge is 0.480 e. The summed E-state index contributed by atoms with van der Waals surface area (Å²) in [6, 6.07) is -1.89. The predicted molar refractivity (Wildman–Crippen MR) is 102 cm³/mol. The van der Waals surface area contributed by atoms with Crippen LogP contribution in [-0.4, -0.2) is 53.0 Å². The van der Waals surface area contributed by atoms with E-state index in [9.17, 15) is 24.3 Å². The molecule has 0 saturated carbocycles. The highest BCUT2D eigenvalue weighted by atomic mass is 16.4. The third-order valence-corrected chi connectivity index (χ3v) is 4.31. The highest BCUT2D eigenvalue weighted by Gasteiger charge is 2.36. The summed E-state index contributed by atoms with van der Waals surface area (Å²) in [5.41, 5.74) is 3.94. The van der Waals surface area contributed by atoms with Crippen LogP contribution in [0.3, 0.4) is 0 Å². The van der Waals surface area contributed by atoms with Gasteiger partial charge in [-0.1, -0.05) is 34.1 Å². The summed E-state index contributed by atoms with van der Waals surface area (Å²) in [5.74, 6) is -2.84. The lowest BCUT2D eigenvalue weighted by Crippen LogP contribution is -2.62. The van der Waals surface area contributed by atoms with E-state index in [2.05, 4.69) is 16.0 Å². The van der Waals surface area contributed by atoms with Crippen molar-refractivity contribution in [2.24, 2.45) is 17.6 Å². The maximum absolute atomic E-state index is 12.6. The smallest absolute Gasteiger partial charge is 0.326 e. The first-order valence-electron chi connectivity index (χ1n) is 9.20. The van der Waals surface area contributed by atoms with Crippen LogP contribution in [0.1, 0.15) is 54.4 Å². The zero-order chi connectivity index (χ0) is 21.4. The van der Waals surface area contributed by atoms with Crippen LogP contribution in [0.5, 0.6) is 0 Å². The number of carbonyl (C=O) groups excluding carboxylic acids is 3. The standard InChI is InChI=1S/C18H34N4O5/c1-7-11(4)14(21-13(23)9-19)15(24)22-18(5,6)17(27)20-12(16(25)26)8-10(2)3/h10-12,14H,7-9,19H2,1-6H3,(H,20,27)(H,21,23)(H,22,24)(H,25,26)/t11-,12-,14-/m0/s1. The van der Waals surface area contributed by atoms with Gasteiger partial charge in [-0.15, -0.1) is 0 Å². The molecule has 0 aliphatic heterocycles. The summed E-state index contributed by atoms with van der Waals surface area (Å²) in [4.78, 5) is 48.1. The van der Waals surface area contributed by atoms with Crippen LogP contribution in [0.4, 0.5) is 0 Å². The highest BCUT2D eigenvalue weighted by molar-refractivity contribution is 5.95. The van der Waals surface area contributed by atoms with Gasteiger partial charge in [0.05, 0.1) is 6.54 Å². The van der Waals surface area contributed by atoms with Gasteiger partial charge in [0.25, 0.3) is 0 Å². The van der Waals surface area contributed by atoms with Crippen molar-refractivity contribution >= 4 is 23.7 Å². The molecule has 3 amide bonds. The molecule has 156 valence electrons. The van der Waals surface area contributed by atoms with Crippen molar-refractivity contribution in [3.63, 3.8) is 0 Å². The molecule has 0 rings (SSSR count). The van der Waals surface area contributed by atoms with Gasteiger partial charge in [-0.2, -0.15) is 0 Å². The average molecular weight is 386 g/mol. The van der Waals surface area contributed by atoms with Crippen LogP contribution >= 0.6 is 0 Å². The molecule has 0 aliphatic rings. The Labute approximate surface area is 160 Å². The van der Waals surface area contributed by atoms with Crippen molar-refractivity contribution in [1.29, 1.82) is 0 Å². The number of amides is 3. The van der Waals surface area contributed by atoms with Crippen LogP contribution in [0.2, 0.25) is 0 Å². The number of rotatable bonds is 11. The summed E-state index contributed by atoms with van der Waals surface area (Å²) in [6.45, 7) is 10.1. The second-order valence-electron chi connectivity index (χ2n) is 7.74. The van der Waals surface area contributed by atoms with E-state index in [0.717, 1.165) is 0 Å². The van der Waals surface area contributed by atoms with Gasteiger partial charge in [-0.05, 0) is 32.1 Å². The quantitative estimate of drug-likeness (QED) is 0.337. The molecule has 3 atom stereocenters. The molecule has 0 aromatic rings. The molecule has 0 heterocycles. The molecule has 0 radical (unpaired) electrons. The van der Waals surface area contributed by atoms with E-state index in [0.29, 0.717) is 6.42 Å². The molecule has 0 aliphatic carbocycles. The topological polar surface area (TPSA) is 151 Å². The minimum atomic E-state index is -1.36. The maximum Gasteiger partial charge on any atom is 0.326 e. The molecule has 0 bridgehead atoms. The monoisotopic (exact) mass is 386 g/mol. The Kier molecular flexibility index (Phi) is 9.99. The number of nitrogens with two attached hydrogens (primary N) is 1. The molecular weight excluding hydrogens is 352 g/mol. The number of nitrogens with one attached hydrogen (secondary N) is 3. The fourth-order valence-electron chi connectivity index (χ4n) is 2.41. The summed E-state index contributed by atoms with van der Waals surface area (Å²) >= 11 is 0. The van der Waals surface area contributed by atoms with E-state index in [1.807, 2.05) is 20.8 Å². The lowest BCUT2D eigenvalue weighted by atomic mass is 9.95. The zero-order valence-corrected chi connectivity index (χ0v) is 17.1. The van der Waals surface area contributed by atoms with E-state index in [1.54, 1.807) is 6.92 Å². The lowest BCUT2D eigenvalue weighted by Gasteiger charge is -2.31. The Morgan fingerprint density at radius 1 is 1.07 bits per heavy atom. The van der Waals surface area contributed by atoms with Crippen molar-refractivity contribution in [1.82, 2.24) is 16.0 Å². The molecule has 0 aromatic heterocycles. The van der Waals surface area contributed by atoms with Crippen molar-refractivity contribution in [2.45, 2.75) is 72.0 Å². The van der Waals surface area contributed by atoms with E-state index in [-0.39, 0.29) is 24.8 Å². The molecule has 27 heavy (non-hydrogen) atoms. The minimum absolute atomic E-state index is 0.0744. The minimum Gasteiger partial charge on any atom is -0.480 e. The van der Waals surface area contributed by atoms with E-state index < -0.39 is 41.3 Å². The lowest BCUT2D eigenvalue weighted by molar-refractivity contribution is -0.143. The number of hydrogen-bond donors (Lipinski definition) is 5.